The molecule has 0 aliphatic rings. The SMILES string of the molecule is CCOC(=O)C(N=N)C(C)=O. The monoisotopic (exact) mass is 158 g/mol. The van der Waals surface area contributed by atoms with Gasteiger partial charge in [0.25, 0.3) is 0 Å². The van der Waals surface area contributed by atoms with Crippen molar-refractivity contribution in [2.24, 2.45) is 5.11 Å². The van der Waals surface area contributed by atoms with Crippen molar-refractivity contribution in [1.82, 2.24) is 0 Å². The van der Waals surface area contributed by atoms with Gasteiger partial charge in [0.2, 0.25) is 6.04 Å². The smallest absolute Gasteiger partial charge is 0.340 e. The first-order valence-electron chi connectivity index (χ1n) is 3.17. The van der Waals surface area contributed by atoms with Crippen LogP contribution in [-0.2, 0) is 14.3 Å². The molecule has 0 aromatic rings. The number of hydrogen-bond acceptors (Lipinski definition) is 5. The maximum atomic E-state index is 10.8. The first-order valence-corrected chi connectivity index (χ1v) is 3.17. The number of esters is 1. The fourth-order valence-electron chi connectivity index (χ4n) is 0.531. The molecule has 1 unspecified atom stereocenters. The van der Waals surface area contributed by atoms with E-state index >= 15 is 0 Å². The lowest BCUT2D eigenvalue weighted by atomic mass is 10.2. The summed E-state index contributed by atoms with van der Waals surface area (Å²) >= 11 is 0. The second-order valence-corrected chi connectivity index (χ2v) is 1.89. The number of nitrogens with zero attached hydrogens (tertiary/aromatic N) is 1. The quantitative estimate of drug-likeness (QED) is 0.368. The van der Waals surface area contributed by atoms with Gasteiger partial charge in [0.05, 0.1) is 6.61 Å². The van der Waals surface area contributed by atoms with Crippen LogP contribution in [0.25, 0.3) is 0 Å². The first-order chi connectivity index (χ1) is 5.13. The molecule has 1 N–H and O–H groups in total. The fraction of sp³-hybridized carbons (Fsp3) is 0.667. The second-order valence-electron chi connectivity index (χ2n) is 1.89. The van der Waals surface area contributed by atoms with Gasteiger partial charge in [-0.05, 0) is 13.8 Å². The number of carbonyl (C=O) groups is 2. The minimum absolute atomic E-state index is 0.193. The Kier molecular flexibility index (Phi) is 4.02. The zero-order valence-electron chi connectivity index (χ0n) is 6.46. The molecule has 0 rings (SSSR count). The molecule has 1 atom stereocenters. The average molecular weight is 158 g/mol. The van der Waals surface area contributed by atoms with Crippen molar-refractivity contribution in [3.63, 3.8) is 0 Å². The molecule has 0 bridgehead atoms. The summed E-state index contributed by atoms with van der Waals surface area (Å²) in [5, 5.41) is 2.83. The van der Waals surface area contributed by atoms with Crippen LogP contribution >= 0.6 is 0 Å². The van der Waals surface area contributed by atoms with Gasteiger partial charge in [0.15, 0.2) is 5.78 Å². The number of Topliss-reactive ketones (excluding diaryl/α,β-unsaturated/α-hetero) is 1. The van der Waals surface area contributed by atoms with E-state index < -0.39 is 17.8 Å². The van der Waals surface area contributed by atoms with E-state index in [4.69, 9.17) is 5.53 Å². The maximum Gasteiger partial charge on any atom is 0.340 e. The summed E-state index contributed by atoms with van der Waals surface area (Å²) in [6.45, 7) is 3.01. The predicted molar refractivity (Wildman–Crippen MR) is 36.2 cm³/mol. The van der Waals surface area contributed by atoms with Gasteiger partial charge in [0, 0.05) is 0 Å². The Labute approximate surface area is 64.2 Å². The van der Waals surface area contributed by atoms with Gasteiger partial charge >= 0.3 is 5.97 Å². The molecule has 11 heavy (non-hydrogen) atoms. The van der Waals surface area contributed by atoms with Gasteiger partial charge in [0.1, 0.15) is 0 Å². The Hall–Kier alpha value is -1.26. The maximum absolute atomic E-state index is 10.8. The van der Waals surface area contributed by atoms with Crippen molar-refractivity contribution in [3.05, 3.63) is 0 Å². The zero-order valence-corrected chi connectivity index (χ0v) is 6.46. The molecule has 0 heterocycles. The van der Waals surface area contributed by atoms with Crippen molar-refractivity contribution in [2.75, 3.05) is 6.61 Å². The van der Waals surface area contributed by atoms with Crippen LogP contribution in [0.5, 0.6) is 0 Å². The highest BCUT2D eigenvalue weighted by molar-refractivity contribution is 6.01. The molecule has 0 saturated heterocycles. The molecule has 0 amide bonds. The van der Waals surface area contributed by atoms with E-state index in [1.54, 1.807) is 6.92 Å². The first kappa shape index (κ1) is 9.74. The van der Waals surface area contributed by atoms with E-state index in [0.717, 1.165) is 0 Å². The molecule has 0 fully saturated rings. The lowest BCUT2D eigenvalue weighted by Gasteiger charge is -2.04. The third kappa shape index (κ3) is 2.88. The second kappa shape index (κ2) is 4.54. The highest BCUT2D eigenvalue weighted by Gasteiger charge is 2.23. The average Bonchev–Trinajstić information content (AvgIpc) is 1.88. The summed E-state index contributed by atoms with van der Waals surface area (Å²) in [6.07, 6.45) is 0. The minimum Gasteiger partial charge on any atom is -0.464 e. The number of rotatable bonds is 4. The lowest BCUT2D eigenvalue weighted by molar-refractivity contribution is -0.147. The van der Waals surface area contributed by atoms with Crippen LogP contribution in [0.15, 0.2) is 5.11 Å². The van der Waals surface area contributed by atoms with Gasteiger partial charge in [-0.25, -0.2) is 10.3 Å². The third-order valence-corrected chi connectivity index (χ3v) is 1.02. The highest BCUT2D eigenvalue weighted by Crippen LogP contribution is 1.95. The van der Waals surface area contributed by atoms with Crippen LogP contribution < -0.4 is 0 Å². The highest BCUT2D eigenvalue weighted by atomic mass is 16.5. The summed E-state index contributed by atoms with van der Waals surface area (Å²) < 4.78 is 4.48. The molecule has 0 aromatic carbocycles. The summed E-state index contributed by atoms with van der Waals surface area (Å²) in [5.74, 6) is -1.23. The summed E-state index contributed by atoms with van der Waals surface area (Å²) in [6, 6.07) is -1.27. The van der Waals surface area contributed by atoms with Crippen molar-refractivity contribution >= 4 is 11.8 Å². The number of carbonyl (C=O) groups excluding carboxylic acids is 2. The number of nitrogens with one attached hydrogen (secondary N) is 1. The summed E-state index contributed by atoms with van der Waals surface area (Å²) in [5.41, 5.74) is 6.50. The van der Waals surface area contributed by atoms with E-state index in [1.807, 2.05) is 0 Å². The lowest BCUT2D eigenvalue weighted by Crippen LogP contribution is -2.27. The van der Waals surface area contributed by atoms with E-state index in [-0.39, 0.29) is 6.61 Å². The van der Waals surface area contributed by atoms with Gasteiger partial charge in [-0.2, -0.15) is 5.11 Å². The molecule has 5 nitrogen and oxygen atoms in total. The zero-order chi connectivity index (χ0) is 8.85. The minimum atomic E-state index is -1.27. The van der Waals surface area contributed by atoms with Gasteiger partial charge in [-0.1, -0.05) is 0 Å². The Morgan fingerprint density at radius 3 is 2.45 bits per heavy atom. The van der Waals surface area contributed by atoms with Crippen molar-refractivity contribution in [1.29, 1.82) is 5.53 Å². The van der Waals surface area contributed by atoms with Crippen LogP contribution in [0.3, 0.4) is 0 Å². The molecule has 0 spiro atoms. The molecule has 0 radical (unpaired) electrons. The topological polar surface area (TPSA) is 79.6 Å². The number of ether oxygens (including phenoxy) is 1. The van der Waals surface area contributed by atoms with E-state index in [0.29, 0.717) is 0 Å². The summed E-state index contributed by atoms with van der Waals surface area (Å²) in [7, 11) is 0. The largest absolute Gasteiger partial charge is 0.464 e. The normalized spacial score (nSPS) is 11.8. The molecule has 0 aromatic heterocycles. The third-order valence-electron chi connectivity index (χ3n) is 1.02. The standard InChI is InChI=1S/C6H10N2O3/c1-3-11-6(10)5(8-7)4(2)9/h5,7H,3H2,1-2H3. The molecular weight excluding hydrogens is 148 g/mol. The van der Waals surface area contributed by atoms with Crippen LogP contribution in [0.4, 0.5) is 0 Å². The van der Waals surface area contributed by atoms with Crippen molar-refractivity contribution < 1.29 is 14.3 Å². The van der Waals surface area contributed by atoms with E-state index in [1.165, 1.54) is 6.92 Å². The van der Waals surface area contributed by atoms with E-state index in [2.05, 4.69) is 9.85 Å². The molecule has 5 heteroatoms. The molecule has 0 saturated carbocycles. The van der Waals surface area contributed by atoms with Crippen LogP contribution in [0.1, 0.15) is 13.8 Å². The number of hydrogen-bond donors (Lipinski definition) is 1. The van der Waals surface area contributed by atoms with Gasteiger partial charge < -0.3 is 4.74 Å². The Morgan fingerprint density at radius 1 is 1.64 bits per heavy atom. The van der Waals surface area contributed by atoms with Gasteiger partial charge in [-0.15, -0.1) is 0 Å². The van der Waals surface area contributed by atoms with Gasteiger partial charge in [-0.3, -0.25) is 4.79 Å². The van der Waals surface area contributed by atoms with Crippen molar-refractivity contribution in [3.8, 4) is 0 Å². The Morgan fingerprint density at radius 2 is 2.18 bits per heavy atom. The van der Waals surface area contributed by atoms with Crippen LogP contribution in [0.2, 0.25) is 0 Å². The Balaban J connectivity index is 4.14. The molecular formula is C6H10N2O3. The summed E-state index contributed by atoms with van der Waals surface area (Å²) in [4.78, 5) is 21.3. The Bertz CT molecular complexity index is 179. The van der Waals surface area contributed by atoms with Crippen LogP contribution in [0, 0.1) is 5.53 Å². The molecule has 0 aliphatic heterocycles. The predicted octanol–water partition coefficient (Wildman–Crippen LogP) is 0.538. The van der Waals surface area contributed by atoms with E-state index in [9.17, 15) is 9.59 Å². The molecule has 0 aliphatic carbocycles. The number of ketones is 1. The van der Waals surface area contributed by atoms with Crippen molar-refractivity contribution in [2.45, 2.75) is 19.9 Å². The van der Waals surface area contributed by atoms with Crippen LogP contribution in [-0.4, -0.2) is 24.4 Å². The molecule has 62 valence electrons. The fourth-order valence-corrected chi connectivity index (χ4v) is 0.531.